The molecule has 7 heteroatoms. The Morgan fingerprint density at radius 1 is 0.778 bits per heavy atom. The zero-order valence-corrected chi connectivity index (χ0v) is 16.7. The van der Waals surface area contributed by atoms with Crippen molar-refractivity contribution in [1.29, 1.82) is 0 Å². The summed E-state index contributed by atoms with van der Waals surface area (Å²) in [6.45, 7) is 3.61. The minimum Gasteiger partial charge on any atom is -0.462 e. The number of esters is 2. The lowest BCUT2D eigenvalue weighted by Crippen LogP contribution is -2.30. The Morgan fingerprint density at radius 3 is 1.74 bits per heavy atom. The van der Waals surface area contributed by atoms with Gasteiger partial charge in [-0.15, -0.1) is 0 Å². The van der Waals surface area contributed by atoms with Crippen LogP contribution in [0, 0.1) is 0 Å². The van der Waals surface area contributed by atoms with Crippen LogP contribution < -0.4 is 0 Å². The van der Waals surface area contributed by atoms with Crippen molar-refractivity contribution in [3.8, 4) is 0 Å². The van der Waals surface area contributed by atoms with Gasteiger partial charge in [-0.3, -0.25) is 9.59 Å². The molecule has 0 aliphatic heterocycles. The molecule has 0 aromatic heterocycles. The lowest BCUT2D eigenvalue weighted by molar-refractivity contribution is -0.182. The molecule has 1 atom stereocenters. The third-order valence-corrected chi connectivity index (χ3v) is 4.16. The Labute approximate surface area is 161 Å². The summed E-state index contributed by atoms with van der Waals surface area (Å²) in [5.41, 5.74) is 0. The molecule has 0 fully saturated rings. The van der Waals surface area contributed by atoms with E-state index >= 15 is 0 Å². The van der Waals surface area contributed by atoms with E-state index < -0.39 is 37.2 Å². The molecule has 0 heterocycles. The number of carbonyl (C=O) groups is 2. The number of halogens is 3. The van der Waals surface area contributed by atoms with Gasteiger partial charge in [-0.1, -0.05) is 65.2 Å². The lowest BCUT2D eigenvalue weighted by Gasteiger charge is -2.19. The van der Waals surface area contributed by atoms with Crippen LogP contribution in [-0.2, 0) is 19.1 Å². The Bertz CT molecular complexity index is 397. The van der Waals surface area contributed by atoms with E-state index in [9.17, 15) is 22.8 Å². The molecule has 0 N–H and O–H groups in total. The SMILES string of the molecule is CCCCCCCC(=O)OCC(CC(F)(F)F)OC(=O)CCCCCCC. The van der Waals surface area contributed by atoms with Crippen molar-refractivity contribution < 1.29 is 32.2 Å². The number of hydrogen-bond acceptors (Lipinski definition) is 4. The van der Waals surface area contributed by atoms with Gasteiger partial charge in [-0.25, -0.2) is 0 Å². The molecular weight excluding hydrogens is 361 g/mol. The molecule has 0 aliphatic carbocycles. The Kier molecular flexibility index (Phi) is 15.0. The topological polar surface area (TPSA) is 52.6 Å². The average Bonchev–Trinajstić information content (AvgIpc) is 2.58. The second-order valence-electron chi connectivity index (χ2n) is 6.94. The first-order valence-corrected chi connectivity index (χ1v) is 10.2. The van der Waals surface area contributed by atoms with E-state index in [0.717, 1.165) is 51.4 Å². The molecule has 0 amide bonds. The smallest absolute Gasteiger partial charge is 0.392 e. The van der Waals surface area contributed by atoms with Gasteiger partial charge in [-0.2, -0.15) is 13.2 Å². The summed E-state index contributed by atoms with van der Waals surface area (Å²) in [5, 5.41) is 0. The van der Waals surface area contributed by atoms with Gasteiger partial charge < -0.3 is 9.47 Å². The van der Waals surface area contributed by atoms with E-state index in [1.165, 1.54) is 0 Å². The first-order valence-electron chi connectivity index (χ1n) is 10.2. The van der Waals surface area contributed by atoms with Crippen molar-refractivity contribution in [1.82, 2.24) is 0 Å². The zero-order valence-electron chi connectivity index (χ0n) is 16.7. The zero-order chi connectivity index (χ0) is 20.5. The minimum absolute atomic E-state index is 0.0868. The molecule has 0 saturated heterocycles. The number of ether oxygens (including phenoxy) is 2. The molecule has 0 aromatic carbocycles. The highest BCUT2D eigenvalue weighted by molar-refractivity contribution is 5.70. The van der Waals surface area contributed by atoms with Crippen molar-refractivity contribution in [3.05, 3.63) is 0 Å². The summed E-state index contributed by atoms with van der Waals surface area (Å²) in [5.74, 6) is -1.22. The highest BCUT2D eigenvalue weighted by atomic mass is 19.4. The van der Waals surface area contributed by atoms with E-state index in [-0.39, 0.29) is 12.8 Å². The van der Waals surface area contributed by atoms with Gasteiger partial charge in [-0.05, 0) is 12.8 Å². The molecule has 1 unspecified atom stereocenters. The molecule has 0 spiro atoms. The largest absolute Gasteiger partial charge is 0.462 e. The molecule has 160 valence electrons. The fraction of sp³-hybridized carbons (Fsp3) is 0.900. The summed E-state index contributed by atoms with van der Waals surface area (Å²) < 4.78 is 47.8. The number of carbonyl (C=O) groups excluding carboxylic acids is 2. The minimum atomic E-state index is -4.49. The van der Waals surface area contributed by atoms with Crippen LogP contribution in [0.2, 0.25) is 0 Å². The van der Waals surface area contributed by atoms with Crippen LogP contribution in [0.25, 0.3) is 0 Å². The highest BCUT2D eigenvalue weighted by Gasteiger charge is 2.34. The summed E-state index contributed by atoms with van der Waals surface area (Å²) in [6, 6.07) is 0. The van der Waals surface area contributed by atoms with Gasteiger partial charge in [0.15, 0.2) is 0 Å². The predicted molar refractivity (Wildman–Crippen MR) is 98.3 cm³/mol. The average molecular weight is 396 g/mol. The number of unbranched alkanes of at least 4 members (excludes halogenated alkanes) is 8. The molecule has 27 heavy (non-hydrogen) atoms. The molecule has 0 saturated carbocycles. The molecule has 0 aromatic rings. The maximum Gasteiger partial charge on any atom is 0.392 e. The Morgan fingerprint density at radius 2 is 1.26 bits per heavy atom. The standard InChI is InChI=1S/C20H35F3O4/c1-3-5-7-9-11-13-18(24)26-16-17(15-20(21,22)23)27-19(25)14-12-10-8-6-4-2/h17H,3-16H2,1-2H3. The maximum absolute atomic E-state index is 12.7. The second-order valence-corrected chi connectivity index (χ2v) is 6.94. The molecule has 0 bridgehead atoms. The van der Waals surface area contributed by atoms with Crippen LogP contribution in [0.1, 0.15) is 97.3 Å². The van der Waals surface area contributed by atoms with Crippen LogP contribution in [0.5, 0.6) is 0 Å². The van der Waals surface area contributed by atoms with E-state index in [0.29, 0.717) is 12.8 Å². The summed E-state index contributed by atoms with van der Waals surface area (Å²) in [6.07, 6.45) is 2.32. The van der Waals surface area contributed by atoms with Crippen molar-refractivity contribution in [2.75, 3.05) is 6.61 Å². The van der Waals surface area contributed by atoms with Gasteiger partial charge in [0.05, 0.1) is 6.42 Å². The van der Waals surface area contributed by atoms with Crippen LogP contribution in [0.4, 0.5) is 13.2 Å². The molecule has 0 radical (unpaired) electrons. The fourth-order valence-corrected chi connectivity index (χ4v) is 2.64. The number of hydrogen-bond donors (Lipinski definition) is 0. The fourth-order valence-electron chi connectivity index (χ4n) is 2.64. The molecule has 0 rings (SSSR count). The van der Waals surface area contributed by atoms with Crippen LogP contribution >= 0.6 is 0 Å². The van der Waals surface area contributed by atoms with Crippen LogP contribution in [0.15, 0.2) is 0 Å². The normalized spacial score (nSPS) is 12.6. The van der Waals surface area contributed by atoms with E-state index in [4.69, 9.17) is 9.47 Å². The van der Waals surface area contributed by atoms with Crippen molar-refractivity contribution in [2.24, 2.45) is 0 Å². The number of alkyl halides is 3. The molecule has 0 aliphatic rings. The summed E-state index contributed by atoms with van der Waals surface area (Å²) in [4.78, 5) is 23.4. The number of rotatable bonds is 16. The van der Waals surface area contributed by atoms with Gasteiger partial charge >= 0.3 is 18.1 Å². The Hall–Kier alpha value is -1.27. The van der Waals surface area contributed by atoms with Crippen molar-refractivity contribution in [3.63, 3.8) is 0 Å². The molecule has 4 nitrogen and oxygen atoms in total. The Balaban J connectivity index is 4.19. The maximum atomic E-state index is 12.7. The van der Waals surface area contributed by atoms with Crippen LogP contribution in [-0.4, -0.2) is 30.8 Å². The van der Waals surface area contributed by atoms with E-state index in [1.54, 1.807) is 0 Å². The quantitative estimate of drug-likeness (QED) is 0.233. The first kappa shape index (κ1) is 25.7. The predicted octanol–water partition coefficient (Wildman–Crippen LogP) is 6.11. The van der Waals surface area contributed by atoms with Crippen LogP contribution in [0.3, 0.4) is 0 Å². The second kappa shape index (κ2) is 15.8. The van der Waals surface area contributed by atoms with Crippen molar-refractivity contribution >= 4 is 11.9 Å². The van der Waals surface area contributed by atoms with E-state index in [2.05, 4.69) is 13.8 Å². The van der Waals surface area contributed by atoms with E-state index in [1.807, 2.05) is 0 Å². The monoisotopic (exact) mass is 396 g/mol. The summed E-state index contributed by atoms with van der Waals surface area (Å²) >= 11 is 0. The third-order valence-electron chi connectivity index (χ3n) is 4.16. The van der Waals surface area contributed by atoms with Gasteiger partial charge in [0.25, 0.3) is 0 Å². The van der Waals surface area contributed by atoms with Gasteiger partial charge in [0.1, 0.15) is 12.7 Å². The highest BCUT2D eigenvalue weighted by Crippen LogP contribution is 2.24. The van der Waals surface area contributed by atoms with Gasteiger partial charge in [0.2, 0.25) is 0 Å². The first-order chi connectivity index (χ1) is 12.8. The lowest BCUT2D eigenvalue weighted by atomic mass is 10.1. The molecular formula is C20H35F3O4. The van der Waals surface area contributed by atoms with Gasteiger partial charge in [0, 0.05) is 12.8 Å². The third kappa shape index (κ3) is 17.9. The summed E-state index contributed by atoms with van der Waals surface area (Å²) in [7, 11) is 0. The van der Waals surface area contributed by atoms with Crippen molar-refractivity contribution in [2.45, 2.75) is 110 Å².